The summed E-state index contributed by atoms with van der Waals surface area (Å²) in [5.41, 5.74) is 0. The lowest BCUT2D eigenvalue weighted by Crippen LogP contribution is -2.30. The van der Waals surface area contributed by atoms with E-state index in [1.54, 1.807) is 6.08 Å². The molecule has 1 N–H and O–H groups in total. The fourth-order valence-corrected chi connectivity index (χ4v) is 5.13. The molecule has 0 spiro atoms. The highest BCUT2D eigenvalue weighted by Crippen LogP contribution is 2.44. The van der Waals surface area contributed by atoms with Crippen LogP contribution in [0.1, 0.15) is 84.0 Å². The van der Waals surface area contributed by atoms with E-state index in [2.05, 4.69) is 13.5 Å². The number of allylic oxidation sites excluding steroid dienone is 1. The van der Waals surface area contributed by atoms with Crippen molar-refractivity contribution in [2.45, 2.75) is 84.0 Å². The minimum atomic E-state index is -0.621. The van der Waals surface area contributed by atoms with Crippen LogP contribution in [0.4, 0.5) is 0 Å². The number of unbranched alkanes of at least 4 members (excludes halogenated alkanes) is 1. The van der Waals surface area contributed by atoms with Gasteiger partial charge in [-0.25, -0.2) is 0 Å². The van der Waals surface area contributed by atoms with Gasteiger partial charge in [0.2, 0.25) is 0 Å². The summed E-state index contributed by atoms with van der Waals surface area (Å²) in [5.74, 6) is 2.35. The van der Waals surface area contributed by atoms with E-state index in [0.29, 0.717) is 12.3 Å². The Labute approximate surface area is 142 Å². The third kappa shape index (κ3) is 5.36. The molecule has 2 fully saturated rings. The molecule has 0 aliphatic heterocycles. The summed E-state index contributed by atoms with van der Waals surface area (Å²) in [5, 5.41) is 9.42. The summed E-state index contributed by atoms with van der Waals surface area (Å²) in [6.07, 6.45) is 17.1. The van der Waals surface area contributed by atoms with Crippen LogP contribution in [-0.4, -0.2) is 11.1 Å². The van der Waals surface area contributed by atoms with Crippen molar-refractivity contribution in [1.82, 2.24) is 0 Å². The van der Waals surface area contributed by atoms with Crippen molar-refractivity contribution in [2.75, 3.05) is 0 Å². The van der Waals surface area contributed by atoms with Crippen LogP contribution < -0.4 is 0 Å². The molecule has 2 aliphatic rings. The highest BCUT2D eigenvalue weighted by Gasteiger charge is 2.34. The van der Waals surface area contributed by atoms with Crippen LogP contribution in [0.2, 0.25) is 0 Å². The fourth-order valence-electron chi connectivity index (χ4n) is 5.13. The predicted molar refractivity (Wildman–Crippen MR) is 96.4 cm³/mol. The van der Waals surface area contributed by atoms with Gasteiger partial charge in [0.05, 0.1) is 5.92 Å². The summed E-state index contributed by atoms with van der Waals surface area (Å²) in [7, 11) is 0. The summed E-state index contributed by atoms with van der Waals surface area (Å²) >= 11 is 0. The van der Waals surface area contributed by atoms with Crippen molar-refractivity contribution in [3.8, 4) is 0 Å². The van der Waals surface area contributed by atoms with Gasteiger partial charge in [-0.2, -0.15) is 0 Å². The largest absolute Gasteiger partial charge is 0.481 e. The van der Waals surface area contributed by atoms with Crippen molar-refractivity contribution >= 4 is 5.97 Å². The van der Waals surface area contributed by atoms with Gasteiger partial charge >= 0.3 is 5.97 Å². The van der Waals surface area contributed by atoms with Gasteiger partial charge < -0.3 is 5.11 Å². The molecule has 23 heavy (non-hydrogen) atoms. The number of carboxylic acid groups (broad SMARTS) is 1. The van der Waals surface area contributed by atoms with Gasteiger partial charge in [-0.05, 0) is 68.6 Å². The lowest BCUT2D eigenvalue weighted by molar-refractivity contribution is -0.144. The van der Waals surface area contributed by atoms with Gasteiger partial charge in [-0.3, -0.25) is 4.79 Å². The van der Waals surface area contributed by atoms with Crippen molar-refractivity contribution in [2.24, 2.45) is 29.6 Å². The highest BCUT2D eigenvalue weighted by molar-refractivity contribution is 5.70. The average molecular weight is 321 g/mol. The molecule has 2 nitrogen and oxygen atoms in total. The van der Waals surface area contributed by atoms with E-state index in [9.17, 15) is 9.90 Å². The van der Waals surface area contributed by atoms with Crippen LogP contribution in [0.15, 0.2) is 12.7 Å². The van der Waals surface area contributed by atoms with E-state index in [4.69, 9.17) is 0 Å². The molecule has 0 aromatic carbocycles. The van der Waals surface area contributed by atoms with Gasteiger partial charge in [0.25, 0.3) is 0 Å². The zero-order chi connectivity index (χ0) is 16.7. The smallest absolute Gasteiger partial charge is 0.307 e. The summed E-state index contributed by atoms with van der Waals surface area (Å²) < 4.78 is 0. The molecule has 0 heterocycles. The second-order valence-electron chi connectivity index (χ2n) is 8.07. The van der Waals surface area contributed by atoms with E-state index >= 15 is 0 Å². The second kappa shape index (κ2) is 9.49. The van der Waals surface area contributed by atoms with Crippen molar-refractivity contribution < 1.29 is 9.90 Å². The first kappa shape index (κ1) is 18.5. The number of hydrogen-bond acceptors (Lipinski definition) is 1. The molecule has 0 aromatic heterocycles. The Hall–Kier alpha value is -0.790. The molecule has 0 bridgehead atoms. The van der Waals surface area contributed by atoms with Crippen LogP contribution in [0, 0.1) is 29.6 Å². The van der Waals surface area contributed by atoms with E-state index in [0.717, 1.165) is 30.6 Å². The molecule has 2 heteroatoms. The molecule has 2 aliphatic carbocycles. The average Bonchev–Trinajstić information content (AvgIpc) is 2.58. The van der Waals surface area contributed by atoms with E-state index in [-0.39, 0.29) is 5.92 Å². The Morgan fingerprint density at radius 2 is 1.65 bits per heavy atom. The topological polar surface area (TPSA) is 37.3 Å². The van der Waals surface area contributed by atoms with E-state index in [1.807, 2.05) is 0 Å². The predicted octanol–water partition coefficient (Wildman–Crippen LogP) is 6.07. The molecule has 132 valence electrons. The zero-order valence-corrected chi connectivity index (χ0v) is 15.0. The van der Waals surface area contributed by atoms with Gasteiger partial charge in [0.1, 0.15) is 0 Å². The molecular weight excluding hydrogens is 284 g/mol. The molecule has 0 saturated heterocycles. The first-order valence-electron chi connectivity index (χ1n) is 9.99. The molecule has 1 atom stereocenters. The Kier molecular flexibility index (Phi) is 7.65. The monoisotopic (exact) mass is 320 g/mol. The molecule has 2 saturated carbocycles. The lowest BCUT2D eigenvalue weighted by Gasteiger charge is -2.39. The minimum Gasteiger partial charge on any atom is -0.481 e. The summed E-state index contributed by atoms with van der Waals surface area (Å²) in [4.78, 5) is 11.4. The maximum atomic E-state index is 11.4. The van der Waals surface area contributed by atoms with Gasteiger partial charge in [-0.15, -0.1) is 6.58 Å². The van der Waals surface area contributed by atoms with Crippen molar-refractivity contribution in [3.05, 3.63) is 12.7 Å². The van der Waals surface area contributed by atoms with Crippen LogP contribution in [0.5, 0.6) is 0 Å². The molecule has 0 aromatic rings. The Morgan fingerprint density at radius 3 is 2.13 bits per heavy atom. The Balaban J connectivity index is 1.74. The Bertz CT molecular complexity index is 360. The molecule has 2 rings (SSSR count). The number of carbonyl (C=O) groups is 1. The maximum absolute atomic E-state index is 11.4. The van der Waals surface area contributed by atoms with E-state index in [1.165, 1.54) is 57.8 Å². The van der Waals surface area contributed by atoms with Gasteiger partial charge in [0, 0.05) is 0 Å². The second-order valence-corrected chi connectivity index (χ2v) is 8.07. The van der Waals surface area contributed by atoms with Crippen LogP contribution in [0.25, 0.3) is 0 Å². The van der Waals surface area contributed by atoms with Gasteiger partial charge in [0.15, 0.2) is 0 Å². The molecular formula is C21H36O2. The highest BCUT2D eigenvalue weighted by atomic mass is 16.4. The first-order valence-corrected chi connectivity index (χ1v) is 9.99. The van der Waals surface area contributed by atoms with Crippen LogP contribution in [0.3, 0.4) is 0 Å². The van der Waals surface area contributed by atoms with Crippen molar-refractivity contribution in [1.29, 1.82) is 0 Å². The maximum Gasteiger partial charge on any atom is 0.307 e. The Morgan fingerprint density at radius 1 is 1.09 bits per heavy atom. The number of aliphatic carboxylic acids is 1. The number of rotatable bonds is 8. The number of hydrogen-bond donors (Lipinski definition) is 1. The minimum absolute atomic E-state index is 0.196. The summed E-state index contributed by atoms with van der Waals surface area (Å²) in [6.45, 7) is 6.02. The molecule has 0 radical (unpaired) electrons. The van der Waals surface area contributed by atoms with Gasteiger partial charge in [-0.1, -0.05) is 45.1 Å². The molecule has 1 unspecified atom stereocenters. The SMILES string of the molecule is C=CCC(C(=O)O)C1CCC([C@H]2CC[C@H](CCCC)CC2)CC1. The van der Waals surface area contributed by atoms with Crippen LogP contribution >= 0.6 is 0 Å². The van der Waals surface area contributed by atoms with Crippen LogP contribution in [-0.2, 0) is 4.79 Å². The van der Waals surface area contributed by atoms with E-state index < -0.39 is 5.97 Å². The third-order valence-electron chi connectivity index (χ3n) is 6.65. The normalized spacial score (nSPS) is 33.1. The summed E-state index contributed by atoms with van der Waals surface area (Å²) in [6, 6.07) is 0. The number of carboxylic acids is 1. The molecule has 0 amide bonds. The third-order valence-corrected chi connectivity index (χ3v) is 6.65. The standard InChI is InChI=1S/C21H36O2/c1-3-5-7-16-8-10-17(11-9-16)18-12-14-19(15-13-18)20(6-4-2)21(22)23/h4,16-20H,2-3,5-15H2,1H3,(H,22,23)/t16-,17-,18?,19?,20?. The van der Waals surface area contributed by atoms with Crippen molar-refractivity contribution in [3.63, 3.8) is 0 Å². The zero-order valence-electron chi connectivity index (χ0n) is 15.0. The fraction of sp³-hybridized carbons (Fsp3) is 0.857. The quantitative estimate of drug-likeness (QED) is 0.551. The lowest BCUT2D eigenvalue weighted by atomic mass is 9.66. The first-order chi connectivity index (χ1) is 11.2.